The summed E-state index contributed by atoms with van der Waals surface area (Å²) >= 11 is 6.26. The van der Waals surface area contributed by atoms with Gasteiger partial charge in [-0.1, -0.05) is 17.7 Å². The molecule has 0 atom stereocenters. The van der Waals surface area contributed by atoms with Crippen molar-refractivity contribution in [3.05, 3.63) is 46.0 Å². The van der Waals surface area contributed by atoms with Crippen LogP contribution in [-0.4, -0.2) is 14.8 Å². The van der Waals surface area contributed by atoms with E-state index in [1.807, 2.05) is 30.8 Å². The van der Waals surface area contributed by atoms with Gasteiger partial charge in [0.2, 0.25) is 0 Å². The molecule has 19 heavy (non-hydrogen) atoms. The summed E-state index contributed by atoms with van der Waals surface area (Å²) < 4.78 is 1.94. The summed E-state index contributed by atoms with van der Waals surface area (Å²) in [5, 5.41) is 8.54. The van der Waals surface area contributed by atoms with Crippen LogP contribution in [0.15, 0.2) is 18.3 Å². The van der Waals surface area contributed by atoms with Crippen LogP contribution >= 0.6 is 11.6 Å². The average molecular weight is 279 g/mol. The third kappa shape index (κ3) is 3.33. The molecular weight excluding hydrogens is 260 g/mol. The molecule has 0 unspecified atom stereocenters. The lowest BCUT2D eigenvalue weighted by Gasteiger charge is -2.07. The minimum atomic E-state index is 0.710. The molecule has 2 aromatic heterocycles. The Morgan fingerprint density at radius 3 is 2.68 bits per heavy atom. The van der Waals surface area contributed by atoms with Gasteiger partial charge in [0.1, 0.15) is 0 Å². The molecule has 0 saturated heterocycles. The third-order valence-corrected chi connectivity index (χ3v) is 3.54. The van der Waals surface area contributed by atoms with Crippen molar-refractivity contribution in [2.45, 2.75) is 40.4 Å². The minimum absolute atomic E-state index is 0.710. The molecule has 0 aliphatic carbocycles. The van der Waals surface area contributed by atoms with Crippen LogP contribution in [0.4, 0.5) is 0 Å². The van der Waals surface area contributed by atoms with Crippen LogP contribution in [0.25, 0.3) is 0 Å². The van der Waals surface area contributed by atoms with E-state index in [0.29, 0.717) is 6.54 Å². The standard InChI is InChI=1S/C14H19ClN4/c1-4-19-13(14(15)11(3)18-19)9-16-7-12-6-5-10(2)17-8-12/h5-6,8,16H,4,7,9H2,1-3H3. The summed E-state index contributed by atoms with van der Waals surface area (Å²) in [4.78, 5) is 4.28. The van der Waals surface area contributed by atoms with Crippen LogP contribution < -0.4 is 5.32 Å². The molecule has 5 heteroatoms. The molecule has 0 aliphatic heterocycles. The predicted octanol–water partition coefficient (Wildman–Crippen LogP) is 2.86. The van der Waals surface area contributed by atoms with E-state index in [-0.39, 0.29) is 0 Å². The molecule has 4 nitrogen and oxygen atoms in total. The molecule has 0 fully saturated rings. The van der Waals surface area contributed by atoms with Gasteiger partial charge in [-0.15, -0.1) is 0 Å². The van der Waals surface area contributed by atoms with Gasteiger partial charge in [0.25, 0.3) is 0 Å². The average Bonchev–Trinajstić information content (AvgIpc) is 2.68. The van der Waals surface area contributed by atoms with Crippen molar-refractivity contribution in [2.24, 2.45) is 0 Å². The van der Waals surface area contributed by atoms with Gasteiger partial charge in [-0.3, -0.25) is 9.67 Å². The molecule has 0 amide bonds. The number of aromatic nitrogens is 3. The lowest BCUT2D eigenvalue weighted by molar-refractivity contribution is 0.579. The monoisotopic (exact) mass is 278 g/mol. The highest BCUT2D eigenvalue weighted by atomic mass is 35.5. The number of nitrogens with zero attached hydrogens (tertiary/aromatic N) is 3. The first kappa shape index (κ1) is 14.0. The van der Waals surface area contributed by atoms with Crippen LogP contribution in [0, 0.1) is 13.8 Å². The summed E-state index contributed by atoms with van der Waals surface area (Å²) in [6.07, 6.45) is 1.90. The maximum Gasteiger partial charge on any atom is 0.0860 e. The van der Waals surface area contributed by atoms with E-state index >= 15 is 0 Å². The van der Waals surface area contributed by atoms with E-state index in [0.717, 1.165) is 35.2 Å². The molecular formula is C14H19ClN4. The Hall–Kier alpha value is -1.39. The first-order valence-electron chi connectivity index (χ1n) is 6.45. The van der Waals surface area contributed by atoms with Crippen LogP contribution in [0.3, 0.4) is 0 Å². The van der Waals surface area contributed by atoms with E-state index in [1.165, 1.54) is 5.56 Å². The fourth-order valence-electron chi connectivity index (χ4n) is 1.97. The quantitative estimate of drug-likeness (QED) is 0.914. The van der Waals surface area contributed by atoms with Crippen molar-refractivity contribution in [3.63, 3.8) is 0 Å². The molecule has 0 aromatic carbocycles. The molecule has 2 rings (SSSR count). The van der Waals surface area contributed by atoms with Crippen LogP contribution in [0.5, 0.6) is 0 Å². The van der Waals surface area contributed by atoms with Gasteiger partial charge in [0.15, 0.2) is 0 Å². The number of hydrogen-bond donors (Lipinski definition) is 1. The lowest BCUT2D eigenvalue weighted by Crippen LogP contribution is -2.16. The van der Waals surface area contributed by atoms with Gasteiger partial charge >= 0.3 is 0 Å². The Labute approximate surface area is 118 Å². The van der Waals surface area contributed by atoms with Crippen molar-refractivity contribution >= 4 is 11.6 Å². The molecule has 2 heterocycles. The Morgan fingerprint density at radius 2 is 2.05 bits per heavy atom. The number of rotatable bonds is 5. The zero-order chi connectivity index (χ0) is 13.8. The van der Waals surface area contributed by atoms with Crippen molar-refractivity contribution in [2.75, 3.05) is 0 Å². The van der Waals surface area contributed by atoms with Crippen LogP contribution in [0.1, 0.15) is 29.6 Å². The first-order chi connectivity index (χ1) is 9.11. The summed E-state index contributed by atoms with van der Waals surface area (Å²) in [7, 11) is 0. The van der Waals surface area contributed by atoms with Crippen molar-refractivity contribution in [3.8, 4) is 0 Å². The highest BCUT2D eigenvalue weighted by Gasteiger charge is 2.11. The highest BCUT2D eigenvalue weighted by Crippen LogP contribution is 2.20. The van der Waals surface area contributed by atoms with Crippen molar-refractivity contribution < 1.29 is 0 Å². The summed E-state index contributed by atoms with van der Waals surface area (Å²) in [5.74, 6) is 0. The second kappa shape index (κ2) is 6.17. The fraction of sp³-hybridized carbons (Fsp3) is 0.429. The van der Waals surface area contributed by atoms with E-state index in [1.54, 1.807) is 0 Å². The Morgan fingerprint density at radius 1 is 1.26 bits per heavy atom. The van der Waals surface area contributed by atoms with E-state index < -0.39 is 0 Å². The number of nitrogens with one attached hydrogen (secondary N) is 1. The molecule has 0 saturated carbocycles. The SMILES string of the molecule is CCn1nc(C)c(Cl)c1CNCc1ccc(C)nc1. The molecule has 0 bridgehead atoms. The summed E-state index contributed by atoms with van der Waals surface area (Å²) in [6.45, 7) is 8.30. The predicted molar refractivity (Wildman–Crippen MR) is 77.2 cm³/mol. The number of pyridine rings is 1. The number of halogens is 1. The van der Waals surface area contributed by atoms with Gasteiger partial charge < -0.3 is 5.32 Å². The molecule has 0 spiro atoms. The zero-order valence-corrected chi connectivity index (χ0v) is 12.3. The fourth-order valence-corrected chi connectivity index (χ4v) is 2.17. The minimum Gasteiger partial charge on any atom is -0.307 e. The normalized spacial score (nSPS) is 10.9. The van der Waals surface area contributed by atoms with E-state index in [2.05, 4.69) is 28.4 Å². The van der Waals surface area contributed by atoms with Crippen molar-refractivity contribution in [1.82, 2.24) is 20.1 Å². The lowest BCUT2D eigenvalue weighted by atomic mass is 10.2. The van der Waals surface area contributed by atoms with Gasteiger partial charge in [-0.2, -0.15) is 5.10 Å². The van der Waals surface area contributed by atoms with E-state index in [9.17, 15) is 0 Å². The Balaban J connectivity index is 1.97. The molecule has 0 radical (unpaired) electrons. The van der Waals surface area contributed by atoms with E-state index in [4.69, 9.17) is 11.6 Å². The summed E-state index contributed by atoms with van der Waals surface area (Å²) in [6, 6.07) is 4.10. The molecule has 102 valence electrons. The van der Waals surface area contributed by atoms with Gasteiger partial charge in [0.05, 0.1) is 16.4 Å². The molecule has 1 N–H and O–H groups in total. The second-order valence-electron chi connectivity index (χ2n) is 4.57. The number of aryl methyl sites for hydroxylation is 3. The maximum atomic E-state index is 6.26. The van der Waals surface area contributed by atoms with Gasteiger partial charge in [0, 0.05) is 31.5 Å². The zero-order valence-electron chi connectivity index (χ0n) is 11.6. The highest BCUT2D eigenvalue weighted by molar-refractivity contribution is 6.31. The maximum absolute atomic E-state index is 6.26. The topological polar surface area (TPSA) is 42.7 Å². The Bertz CT molecular complexity index is 545. The van der Waals surface area contributed by atoms with Crippen molar-refractivity contribution in [1.29, 1.82) is 0 Å². The van der Waals surface area contributed by atoms with Gasteiger partial charge in [-0.05, 0) is 32.4 Å². The number of hydrogen-bond acceptors (Lipinski definition) is 3. The summed E-state index contributed by atoms with van der Waals surface area (Å²) in [5.41, 5.74) is 4.13. The second-order valence-corrected chi connectivity index (χ2v) is 4.95. The molecule has 2 aromatic rings. The van der Waals surface area contributed by atoms with Crippen LogP contribution in [-0.2, 0) is 19.6 Å². The smallest absolute Gasteiger partial charge is 0.0860 e. The third-order valence-electron chi connectivity index (χ3n) is 3.05. The van der Waals surface area contributed by atoms with Crippen LogP contribution in [0.2, 0.25) is 5.02 Å². The first-order valence-corrected chi connectivity index (χ1v) is 6.83. The Kier molecular flexibility index (Phi) is 4.56. The largest absolute Gasteiger partial charge is 0.307 e. The molecule has 0 aliphatic rings. The van der Waals surface area contributed by atoms with Gasteiger partial charge in [-0.25, -0.2) is 0 Å².